The molecule has 1 aromatic rings. The normalized spacial score (nSPS) is 21.4. The third kappa shape index (κ3) is 4.13. The molecule has 1 aliphatic heterocycles. The summed E-state index contributed by atoms with van der Waals surface area (Å²) in [6, 6.07) is 2.35. The van der Waals surface area contributed by atoms with Crippen LogP contribution in [0.1, 0.15) is 25.3 Å². The van der Waals surface area contributed by atoms with Crippen LogP contribution in [0.4, 0.5) is 0 Å². The van der Waals surface area contributed by atoms with Crippen LogP contribution in [0.3, 0.4) is 0 Å². The smallest absolute Gasteiger partial charge is 0.220 e. The molecule has 2 heterocycles. The van der Waals surface area contributed by atoms with E-state index >= 15 is 0 Å². The standard InChI is InChI=1S/C13H20N2OS/c1-10(6-12-3-5-17-9-12)15-13(16)7-11-2-4-14-8-11/h3,5,9-11,14H,2,4,6-8H2,1H3,(H,15,16). The van der Waals surface area contributed by atoms with Crippen LogP contribution in [0.15, 0.2) is 16.8 Å². The SMILES string of the molecule is CC(Cc1ccsc1)NC(=O)CC1CCNC1. The van der Waals surface area contributed by atoms with Gasteiger partial charge in [-0.1, -0.05) is 0 Å². The van der Waals surface area contributed by atoms with E-state index in [0.29, 0.717) is 12.3 Å². The Labute approximate surface area is 107 Å². The maximum atomic E-state index is 11.8. The van der Waals surface area contributed by atoms with Gasteiger partial charge in [0, 0.05) is 12.5 Å². The van der Waals surface area contributed by atoms with Crippen molar-refractivity contribution in [2.45, 2.75) is 32.2 Å². The zero-order valence-corrected chi connectivity index (χ0v) is 11.1. The van der Waals surface area contributed by atoms with Gasteiger partial charge in [-0.15, -0.1) is 0 Å². The van der Waals surface area contributed by atoms with Gasteiger partial charge >= 0.3 is 0 Å². The van der Waals surface area contributed by atoms with Crippen molar-refractivity contribution in [1.29, 1.82) is 0 Å². The predicted molar refractivity (Wildman–Crippen MR) is 71.2 cm³/mol. The molecule has 0 aromatic carbocycles. The van der Waals surface area contributed by atoms with E-state index in [0.717, 1.165) is 25.9 Å². The Morgan fingerprint density at radius 3 is 3.24 bits per heavy atom. The van der Waals surface area contributed by atoms with E-state index in [1.807, 2.05) is 0 Å². The van der Waals surface area contributed by atoms with E-state index in [2.05, 4.69) is 34.4 Å². The molecule has 3 nitrogen and oxygen atoms in total. The molecule has 1 fully saturated rings. The van der Waals surface area contributed by atoms with Crippen LogP contribution in [-0.4, -0.2) is 25.0 Å². The molecular formula is C13H20N2OS. The summed E-state index contributed by atoms with van der Waals surface area (Å²) in [5.41, 5.74) is 1.31. The summed E-state index contributed by atoms with van der Waals surface area (Å²) in [7, 11) is 0. The van der Waals surface area contributed by atoms with Crippen LogP contribution in [-0.2, 0) is 11.2 Å². The van der Waals surface area contributed by atoms with E-state index in [1.165, 1.54) is 5.56 Å². The largest absolute Gasteiger partial charge is 0.353 e. The van der Waals surface area contributed by atoms with Gasteiger partial charge in [-0.25, -0.2) is 0 Å². The van der Waals surface area contributed by atoms with E-state index in [9.17, 15) is 4.79 Å². The van der Waals surface area contributed by atoms with Gasteiger partial charge in [0.2, 0.25) is 5.91 Å². The molecule has 2 rings (SSSR count). The quantitative estimate of drug-likeness (QED) is 0.839. The molecule has 0 aliphatic carbocycles. The Kier molecular flexibility index (Phi) is 4.57. The van der Waals surface area contributed by atoms with Crippen molar-refractivity contribution in [3.8, 4) is 0 Å². The highest BCUT2D eigenvalue weighted by atomic mass is 32.1. The molecule has 0 radical (unpaired) electrons. The van der Waals surface area contributed by atoms with Gasteiger partial charge in [0.05, 0.1) is 0 Å². The molecule has 1 saturated heterocycles. The Morgan fingerprint density at radius 1 is 1.71 bits per heavy atom. The number of rotatable bonds is 5. The molecule has 94 valence electrons. The Morgan fingerprint density at radius 2 is 2.59 bits per heavy atom. The first-order chi connectivity index (χ1) is 8.24. The fraction of sp³-hybridized carbons (Fsp3) is 0.615. The van der Waals surface area contributed by atoms with Gasteiger partial charge in [-0.2, -0.15) is 11.3 Å². The second-order valence-electron chi connectivity index (χ2n) is 4.87. The molecule has 0 spiro atoms. The lowest BCUT2D eigenvalue weighted by atomic mass is 10.0. The second kappa shape index (κ2) is 6.17. The highest BCUT2D eigenvalue weighted by Gasteiger charge is 2.18. The van der Waals surface area contributed by atoms with Crippen LogP contribution in [0.5, 0.6) is 0 Å². The fourth-order valence-electron chi connectivity index (χ4n) is 2.30. The third-order valence-corrected chi connectivity index (χ3v) is 3.90. The van der Waals surface area contributed by atoms with Gasteiger partial charge in [-0.3, -0.25) is 4.79 Å². The number of carbonyl (C=O) groups excluding carboxylic acids is 1. The molecule has 0 bridgehead atoms. The highest BCUT2D eigenvalue weighted by Crippen LogP contribution is 2.12. The number of hydrogen-bond acceptors (Lipinski definition) is 3. The van der Waals surface area contributed by atoms with Crippen LogP contribution in [0.2, 0.25) is 0 Å². The summed E-state index contributed by atoms with van der Waals surface area (Å²) in [5, 5.41) is 10.6. The zero-order chi connectivity index (χ0) is 12.1. The second-order valence-corrected chi connectivity index (χ2v) is 5.65. The van der Waals surface area contributed by atoms with Gasteiger partial charge < -0.3 is 10.6 Å². The molecule has 1 amide bonds. The van der Waals surface area contributed by atoms with Crippen molar-refractivity contribution in [2.24, 2.45) is 5.92 Å². The maximum Gasteiger partial charge on any atom is 0.220 e. The van der Waals surface area contributed by atoms with E-state index in [-0.39, 0.29) is 11.9 Å². The van der Waals surface area contributed by atoms with E-state index < -0.39 is 0 Å². The van der Waals surface area contributed by atoms with Crippen LogP contribution in [0.25, 0.3) is 0 Å². The molecule has 2 unspecified atom stereocenters. The molecule has 2 atom stereocenters. The first-order valence-corrected chi connectivity index (χ1v) is 7.19. The minimum Gasteiger partial charge on any atom is -0.353 e. The van der Waals surface area contributed by atoms with Crippen LogP contribution in [0, 0.1) is 5.92 Å². The number of carbonyl (C=O) groups is 1. The van der Waals surface area contributed by atoms with Gasteiger partial charge in [-0.05, 0) is 61.2 Å². The summed E-state index contributed by atoms with van der Waals surface area (Å²) in [6.45, 7) is 4.12. The summed E-state index contributed by atoms with van der Waals surface area (Å²) >= 11 is 1.71. The summed E-state index contributed by atoms with van der Waals surface area (Å²) < 4.78 is 0. The van der Waals surface area contributed by atoms with Crippen molar-refractivity contribution in [3.63, 3.8) is 0 Å². The van der Waals surface area contributed by atoms with E-state index in [1.54, 1.807) is 11.3 Å². The minimum absolute atomic E-state index is 0.196. The fourth-order valence-corrected chi connectivity index (χ4v) is 2.98. The highest BCUT2D eigenvalue weighted by molar-refractivity contribution is 7.07. The summed E-state index contributed by atoms with van der Waals surface area (Å²) in [4.78, 5) is 11.8. The van der Waals surface area contributed by atoms with Crippen molar-refractivity contribution in [2.75, 3.05) is 13.1 Å². The van der Waals surface area contributed by atoms with Crippen molar-refractivity contribution < 1.29 is 4.79 Å². The maximum absolute atomic E-state index is 11.8. The predicted octanol–water partition coefficient (Wildman–Crippen LogP) is 1.79. The summed E-state index contributed by atoms with van der Waals surface area (Å²) in [5.74, 6) is 0.727. The summed E-state index contributed by atoms with van der Waals surface area (Å²) in [6.07, 6.45) is 2.73. The molecule has 2 N–H and O–H groups in total. The zero-order valence-electron chi connectivity index (χ0n) is 10.2. The van der Waals surface area contributed by atoms with Crippen molar-refractivity contribution in [1.82, 2.24) is 10.6 Å². The lowest BCUT2D eigenvalue weighted by Gasteiger charge is -2.15. The minimum atomic E-state index is 0.196. The molecule has 1 aromatic heterocycles. The van der Waals surface area contributed by atoms with Crippen molar-refractivity contribution in [3.05, 3.63) is 22.4 Å². The molecule has 0 saturated carbocycles. The van der Waals surface area contributed by atoms with Gasteiger partial charge in [0.1, 0.15) is 0 Å². The first kappa shape index (κ1) is 12.6. The number of amides is 1. The molecular weight excluding hydrogens is 232 g/mol. The van der Waals surface area contributed by atoms with Crippen LogP contribution >= 0.6 is 11.3 Å². The van der Waals surface area contributed by atoms with Gasteiger partial charge in [0.15, 0.2) is 0 Å². The lowest BCUT2D eigenvalue weighted by Crippen LogP contribution is -2.35. The Bertz CT molecular complexity index is 344. The third-order valence-electron chi connectivity index (χ3n) is 3.17. The number of thiophene rings is 1. The first-order valence-electron chi connectivity index (χ1n) is 6.25. The van der Waals surface area contributed by atoms with Crippen LogP contribution < -0.4 is 10.6 Å². The monoisotopic (exact) mass is 252 g/mol. The topological polar surface area (TPSA) is 41.1 Å². The van der Waals surface area contributed by atoms with Gasteiger partial charge in [0.25, 0.3) is 0 Å². The van der Waals surface area contributed by atoms with E-state index in [4.69, 9.17) is 0 Å². The lowest BCUT2D eigenvalue weighted by molar-refractivity contribution is -0.122. The Balaban J connectivity index is 1.70. The molecule has 17 heavy (non-hydrogen) atoms. The molecule has 1 aliphatic rings. The Hall–Kier alpha value is -0.870. The average Bonchev–Trinajstić information content (AvgIpc) is 2.90. The van der Waals surface area contributed by atoms with Crippen molar-refractivity contribution >= 4 is 17.2 Å². The number of hydrogen-bond donors (Lipinski definition) is 2. The molecule has 4 heteroatoms. The number of nitrogens with one attached hydrogen (secondary N) is 2. The average molecular weight is 252 g/mol.